The molecule has 5 nitrogen and oxygen atoms in total. The van der Waals surface area contributed by atoms with E-state index in [1.165, 1.54) is 16.2 Å². The Morgan fingerprint density at radius 3 is 2.41 bits per heavy atom. The molecule has 6 heteroatoms. The molecule has 158 valence electrons. The third kappa shape index (κ3) is 2.59. The number of Topliss-reactive ketones (excluding diaryl/α,β-unsaturated/α-hetero) is 1. The van der Waals surface area contributed by atoms with Crippen molar-refractivity contribution in [2.75, 3.05) is 4.90 Å². The fourth-order valence-corrected chi connectivity index (χ4v) is 6.07. The van der Waals surface area contributed by atoms with Crippen molar-refractivity contribution in [3.05, 3.63) is 93.8 Å². The molecule has 3 aromatic rings. The third-order valence-electron chi connectivity index (χ3n) is 6.79. The van der Waals surface area contributed by atoms with E-state index in [-0.39, 0.29) is 23.6 Å². The number of carbonyl (C=O) groups is 3. The van der Waals surface area contributed by atoms with Crippen molar-refractivity contribution in [1.29, 1.82) is 0 Å². The average molecular weight is 441 g/mol. The zero-order valence-electron chi connectivity index (χ0n) is 17.3. The molecule has 2 amide bonds. The van der Waals surface area contributed by atoms with E-state index in [1.54, 1.807) is 18.2 Å². The SMILES string of the molecule is Cc1ccc(N2C(=O)[C@@H]3[C@@H](C2=O)[C@H]2c4ccccc4C=CN2[C@@H]3C(=O)c2cccs2)cc1. The number of nitrogens with zero attached hydrogens (tertiary/aromatic N) is 2. The number of ketones is 1. The summed E-state index contributed by atoms with van der Waals surface area (Å²) in [6.45, 7) is 1.96. The largest absolute Gasteiger partial charge is 0.358 e. The second-order valence-electron chi connectivity index (χ2n) is 8.52. The number of anilines is 1. The van der Waals surface area contributed by atoms with Gasteiger partial charge in [0.05, 0.1) is 28.4 Å². The van der Waals surface area contributed by atoms with Crippen LogP contribution in [-0.2, 0) is 9.59 Å². The number of carbonyl (C=O) groups excluding carboxylic acids is 3. The van der Waals surface area contributed by atoms with Gasteiger partial charge in [-0.1, -0.05) is 48.0 Å². The van der Waals surface area contributed by atoms with Gasteiger partial charge in [-0.3, -0.25) is 14.4 Å². The summed E-state index contributed by atoms with van der Waals surface area (Å²) in [5.74, 6) is -1.96. The number of thiophene rings is 1. The Kier molecular flexibility index (Phi) is 4.20. The van der Waals surface area contributed by atoms with Gasteiger partial charge in [-0.2, -0.15) is 0 Å². The van der Waals surface area contributed by atoms with E-state index in [0.29, 0.717) is 10.6 Å². The van der Waals surface area contributed by atoms with Gasteiger partial charge in [0.25, 0.3) is 0 Å². The van der Waals surface area contributed by atoms with Crippen LogP contribution in [0.5, 0.6) is 0 Å². The Morgan fingerprint density at radius 2 is 1.66 bits per heavy atom. The highest BCUT2D eigenvalue weighted by molar-refractivity contribution is 7.12. The molecule has 3 aliphatic rings. The minimum atomic E-state index is -0.723. The van der Waals surface area contributed by atoms with Gasteiger partial charge in [-0.25, -0.2) is 4.90 Å². The number of hydrogen-bond donors (Lipinski definition) is 0. The predicted molar refractivity (Wildman–Crippen MR) is 123 cm³/mol. The monoisotopic (exact) mass is 440 g/mol. The molecule has 0 radical (unpaired) electrons. The van der Waals surface area contributed by atoms with Crippen LogP contribution in [0.25, 0.3) is 6.08 Å². The molecule has 0 saturated carbocycles. The van der Waals surface area contributed by atoms with E-state index in [2.05, 4.69) is 0 Å². The first kappa shape index (κ1) is 19.2. The Balaban J connectivity index is 1.50. The van der Waals surface area contributed by atoms with Crippen LogP contribution in [0.4, 0.5) is 5.69 Å². The standard InChI is InChI=1S/C26H20N2O3S/c1-15-8-10-17(11-9-15)28-25(30)20-21(26(28)31)23(24(29)19-7-4-14-32-19)27-13-12-16-5-2-3-6-18(16)22(20)27/h2-14,20-23H,1H3/t20-,21-,22-,23+/m1/s1. The first-order valence-electron chi connectivity index (χ1n) is 10.6. The van der Waals surface area contributed by atoms with Crippen LogP contribution < -0.4 is 4.90 Å². The maximum atomic E-state index is 13.7. The molecule has 2 saturated heterocycles. The van der Waals surface area contributed by atoms with E-state index < -0.39 is 17.9 Å². The third-order valence-corrected chi connectivity index (χ3v) is 7.67. The predicted octanol–water partition coefficient (Wildman–Crippen LogP) is 4.45. The van der Waals surface area contributed by atoms with Crippen molar-refractivity contribution < 1.29 is 14.4 Å². The zero-order chi connectivity index (χ0) is 22.0. The Morgan fingerprint density at radius 1 is 0.906 bits per heavy atom. The lowest BCUT2D eigenvalue weighted by Crippen LogP contribution is -2.44. The van der Waals surface area contributed by atoms with Gasteiger partial charge in [-0.15, -0.1) is 11.3 Å². The molecule has 3 aliphatic heterocycles. The number of benzene rings is 2. The summed E-state index contributed by atoms with van der Waals surface area (Å²) in [7, 11) is 0. The van der Waals surface area contributed by atoms with Crippen LogP contribution in [0.1, 0.15) is 32.4 Å². The molecule has 0 spiro atoms. The second-order valence-corrected chi connectivity index (χ2v) is 9.47. The number of hydrogen-bond acceptors (Lipinski definition) is 5. The highest BCUT2D eigenvalue weighted by Gasteiger charge is 2.64. The van der Waals surface area contributed by atoms with Crippen molar-refractivity contribution in [3.63, 3.8) is 0 Å². The van der Waals surface area contributed by atoms with Crippen LogP contribution >= 0.6 is 11.3 Å². The normalized spacial score (nSPS) is 25.7. The van der Waals surface area contributed by atoms with E-state index in [4.69, 9.17) is 0 Å². The number of imide groups is 1. The van der Waals surface area contributed by atoms with Crippen molar-refractivity contribution in [2.24, 2.45) is 11.8 Å². The molecular formula is C26H20N2O3S. The van der Waals surface area contributed by atoms with Gasteiger partial charge in [0.15, 0.2) is 5.78 Å². The molecule has 1 aromatic heterocycles. The summed E-state index contributed by atoms with van der Waals surface area (Å²) in [4.78, 5) is 44.9. The molecule has 0 bridgehead atoms. The van der Waals surface area contributed by atoms with E-state index in [9.17, 15) is 14.4 Å². The molecule has 0 N–H and O–H groups in total. The van der Waals surface area contributed by atoms with Crippen LogP contribution in [0.2, 0.25) is 0 Å². The van der Waals surface area contributed by atoms with Crippen LogP contribution in [0.15, 0.2) is 72.2 Å². The van der Waals surface area contributed by atoms with Crippen molar-refractivity contribution >= 4 is 40.7 Å². The zero-order valence-corrected chi connectivity index (χ0v) is 18.2. The molecule has 4 heterocycles. The first-order chi connectivity index (χ1) is 15.6. The summed E-state index contributed by atoms with van der Waals surface area (Å²) in [5, 5.41) is 1.86. The summed E-state index contributed by atoms with van der Waals surface area (Å²) >= 11 is 1.37. The van der Waals surface area contributed by atoms with Gasteiger partial charge in [-0.05, 0) is 47.7 Å². The molecular weight excluding hydrogens is 420 g/mol. The number of amides is 2. The van der Waals surface area contributed by atoms with Crippen molar-refractivity contribution in [2.45, 2.75) is 19.0 Å². The maximum Gasteiger partial charge on any atom is 0.240 e. The molecule has 2 fully saturated rings. The molecule has 6 rings (SSSR count). The Bertz CT molecular complexity index is 1280. The van der Waals surface area contributed by atoms with Gasteiger partial charge < -0.3 is 4.90 Å². The molecule has 0 unspecified atom stereocenters. The van der Waals surface area contributed by atoms with E-state index >= 15 is 0 Å². The number of rotatable bonds is 3. The molecule has 32 heavy (non-hydrogen) atoms. The number of fused-ring (bicyclic) bond motifs is 5. The van der Waals surface area contributed by atoms with Crippen molar-refractivity contribution in [3.8, 4) is 0 Å². The summed E-state index contributed by atoms with van der Waals surface area (Å²) < 4.78 is 0. The smallest absolute Gasteiger partial charge is 0.240 e. The summed E-state index contributed by atoms with van der Waals surface area (Å²) in [6.07, 6.45) is 3.85. The molecule has 4 atom stereocenters. The average Bonchev–Trinajstić information content (AvgIpc) is 3.51. The van der Waals surface area contributed by atoms with Crippen molar-refractivity contribution in [1.82, 2.24) is 4.90 Å². The maximum absolute atomic E-state index is 13.7. The lowest BCUT2D eigenvalue weighted by Gasteiger charge is -2.35. The Hall–Kier alpha value is -3.51. The van der Waals surface area contributed by atoms with Crippen LogP contribution in [0, 0.1) is 18.8 Å². The fraction of sp³-hybridized carbons (Fsp3) is 0.192. The first-order valence-corrected chi connectivity index (χ1v) is 11.5. The van der Waals surface area contributed by atoms with Crippen LogP contribution in [0.3, 0.4) is 0 Å². The minimum absolute atomic E-state index is 0.103. The minimum Gasteiger partial charge on any atom is -0.358 e. The van der Waals surface area contributed by atoms with Gasteiger partial charge in [0.1, 0.15) is 6.04 Å². The lowest BCUT2D eigenvalue weighted by atomic mass is 9.84. The highest BCUT2D eigenvalue weighted by Crippen LogP contribution is 2.53. The molecule has 0 aliphatic carbocycles. The lowest BCUT2D eigenvalue weighted by molar-refractivity contribution is -0.123. The van der Waals surface area contributed by atoms with Gasteiger partial charge in [0, 0.05) is 6.20 Å². The quantitative estimate of drug-likeness (QED) is 0.446. The van der Waals surface area contributed by atoms with Gasteiger partial charge >= 0.3 is 0 Å². The van der Waals surface area contributed by atoms with E-state index in [1.807, 2.05) is 71.9 Å². The number of aryl methyl sites for hydroxylation is 1. The van der Waals surface area contributed by atoms with Crippen LogP contribution in [-0.4, -0.2) is 28.5 Å². The summed E-state index contributed by atoms with van der Waals surface area (Å²) in [6, 6.07) is 17.9. The highest BCUT2D eigenvalue weighted by atomic mass is 32.1. The topological polar surface area (TPSA) is 57.7 Å². The van der Waals surface area contributed by atoms with E-state index in [0.717, 1.165) is 16.7 Å². The van der Waals surface area contributed by atoms with Gasteiger partial charge in [0.2, 0.25) is 11.8 Å². The Labute approximate surface area is 189 Å². The second kappa shape index (κ2) is 7.00. The fourth-order valence-electron chi connectivity index (χ4n) is 5.37. The molecule has 2 aromatic carbocycles. The summed E-state index contributed by atoms with van der Waals surface area (Å²) in [5.41, 5.74) is 3.62.